The van der Waals surface area contributed by atoms with Gasteiger partial charge in [0, 0.05) is 19.3 Å². The van der Waals surface area contributed by atoms with Crippen molar-refractivity contribution in [3.05, 3.63) is 60.8 Å². The quantitative estimate of drug-likeness (QED) is 0.0262. The molecule has 0 saturated heterocycles. The van der Waals surface area contributed by atoms with E-state index in [4.69, 9.17) is 14.2 Å². The molecule has 0 heterocycles. The molecule has 0 bridgehead atoms. The fraction of sp³-hybridized carbons (Fsp3) is 0.787. The van der Waals surface area contributed by atoms with Gasteiger partial charge in [0.2, 0.25) is 0 Å². The molecule has 0 rings (SSSR count). The van der Waals surface area contributed by atoms with E-state index in [-0.39, 0.29) is 31.1 Å². The van der Waals surface area contributed by atoms with Gasteiger partial charge in [0.15, 0.2) is 6.10 Å². The van der Waals surface area contributed by atoms with Crippen LogP contribution in [-0.2, 0) is 28.6 Å². The summed E-state index contributed by atoms with van der Waals surface area (Å²) in [5.74, 6) is -0.893. The maximum absolute atomic E-state index is 12.8. The second-order valence-corrected chi connectivity index (χ2v) is 19.2. The average Bonchev–Trinajstić information content (AvgIpc) is 3.33. The zero-order valence-electron chi connectivity index (χ0n) is 44.4. The van der Waals surface area contributed by atoms with Gasteiger partial charge in [0.05, 0.1) is 0 Å². The Morgan fingerprint density at radius 3 is 0.866 bits per heavy atom. The van der Waals surface area contributed by atoms with Crippen molar-refractivity contribution >= 4 is 17.9 Å². The molecule has 0 radical (unpaired) electrons. The molecule has 0 aliphatic heterocycles. The lowest BCUT2D eigenvalue weighted by molar-refractivity contribution is -0.167. The Hall–Kier alpha value is -2.89. The highest BCUT2D eigenvalue weighted by atomic mass is 16.6. The minimum atomic E-state index is -0.775. The van der Waals surface area contributed by atoms with Crippen molar-refractivity contribution in [3.63, 3.8) is 0 Å². The van der Waals surface area contributed by atoms with Crippen LogP contribution in [-0.4, -0.2) is 37.2 Å². The normalized spacial score (nSPS) is 12.5. The summed E-state index contributed by atoms with van der Waals surface area (Å²) in [5, 5.41) is 0. The lowest BCUT2D eigenvalue weighted by Crippen LogP contribution is -2.30. The van der Waals surface area contributed by atoms with Gasteiger partial charge in [-0.05, 0) is 89.9 Å². The summed E-state index contributed by atoms with van der Waals surface area (Å²) >= 11 is 0. The molecule has 388 valence electrons. The molecule has 1 atom stereocenters. The number of carbonyl (C=O) groups is 3. The molecule has 0 N–H and O–H groups in total. The van der Waals surface area contributed by atoms with Crippen LogP contribution in [0.25, 0.3) is 0 Å². The molecule has 0 aliphatic carbocycles. The molecule has 67 heavy (non-hydrogen) atoms. The number of unbranched alkanes of at least 4 members (excludes halogenated alkanes) is 31. The third-order valence-electron chi connectivity index (χ3n) is 12.5. The van der Waals surface area contributed by atoms with Crippen molar-refractivity contribution in [1.29, 1.82) is 0 Å². The summed E-state index contributed by atoms with van der Waals surface area (Å²) in [5.41, 5.74) is 0. The predicted molar refractivity (Wildman–Crippen MR) is 288 cm³/mol. The first-order chi connectivity index (χ1) is 33.0. The van der Waals surface area contributed by atoms with Gasteiger partial charge in [-0.3, -0.25) is 14.4 Å². The zero-order chi connectivity index (χ0) is 48.6. The van der Waals surface area contributed by atoms with Crippen molar-refractivity contribution in [3.8, 4) is 0 Å². The van der Waals surface area contributed by atoms with Crippen molar-refractivity contribution in [2.24, 2.45) is 0 Å². The van der Waals surface area contributed by atoms with Gasteiger partial charge in [-0.15, -0.1) is 0 Å². The molecule has 0 amide bonds. The van der Waals surface area contributed by atoms with E-state index in [9.17, 15) is 14.4 Å². The summed E-state index contributed by atoms with van der Waals surface area (Å²) in [6, 6.07) is 0. The van der Waals surface area contributed by atoms with Crippen LogP contribution in [0.4, 0.5) is 0 Å². The second kappa shape index (κ2) is 55.7. The van der Waals surface area contributed by atoms with E-state index in [2.05, 4.69) is 81.5 Å². The number of ether oxygens (including phenoxy) is 3. The van der Waals surface area contributed by atoms with E-state index in [1.54, 1.807) is 0 Å². The van der Waals surface area contributed by atoms with Crippen molar-refractivity contribution < 1.29 is 28.6 Å². The molecule has 0 saturated carbocycles. The molecule has 1 unspecified atom stereocenters. The van der Waals surface area contributed by atoms with Crippen LogP contribution in [0.5, 0.6) is 0 Å². The Morgan fingerprint density at radius 2 is 0.537 bits per heavy atom. The molecule has 0 aromatic carbocycles. The van der Waals surface area contributed by atoms with Gasteiger partial charge >= 0.3 is 17.9 Å². The Balaban J connectivity index is 4.06. The van der Waals surface area contributed by atoms with Gasteiger partial charge in [-0.1, -0.05) is 242 Å². The topological polar surface area (TPSA) is 78.9 Å². The van der Waals surface area contributed by atoms with E-state index in [1.165, 1.54) is 161 Å². The fourth-order valence-corrected chi connectivity index (χ4v) is 8.13. The highest BCUT2D eigenvalue weighted by molar-refractivity contribution is 5.71. The zero-order valence-corrected chi connectivity index (χ0v) is 44.4. The number of carbonyl (C=O) groups excluding carboxylic acids is 3. The SMILES string of the molecule is CCCCC/C=C\C/C=C\CCCCCCCCCC(=O)OC(COC(=O)CCCCCCC)COC(=O)CCCCCCCCCCCCCC/C=C\C/C=C\C/C=C\CCCCCCC. The van der Waals surface area contributed by atoms with Crippen molar-refractivity contribution in [2.75, 3.05) is 13.2 Å². The molecular formula is C61H108O6. The molecule has 0 aromatic heterocycles. The summed E-state index contributed by atoms with van der Waals surface area (Å²) in [6.45, 7) is 6.53. The summed E-state index contributed by atoms with van der Waals surface area (Å²) in [7, 11) is 0. The molecule has 0 aromatic rings. The molecule has 0 aliphatic rings. The maximum atomic E-state index is 12.8. The lowest BCUT2D eigenvalue weighted by atomic mass is 10.0. The van der Waals surface area contributed by atoms with Gasteiger partial charge < -0.3 is 14.2 Å². The lowest BCUT2D eigenvalue weighted by Gasteiger charge is -2.18. The Labute approximate surface area is 415 Å². The highest BCUT2D eigenvalue weighted by Gasteiger charge is 2.19. The van der Waals surface area contributed by atoms with Crippen LogP contribution >= 0.6 is 0 Å². The molecule has 6 heteroatoms. The van der Waals surface area contributed by atoms with E-state index in [1.807, 2.05) is 0 Å². The number of allylic oxidation sites excluding steroid dienone is 10. The Bertz CT molecular complexity index is 1210. The number of esters is 3. The molecule has 6 nitrogen and oxygen atoms in total. The Kier molecular flexibility index (Phi) is 53.3. The van der Waals surface area contributed by atoms with E-state index >= 15 is 0 Å². The first-order valence-electron chi connectivity index (χ1n) is 28.8. The van der Waals surface area contributed by atoms with Crippen LogP contribution < -0.4 is 0 Å². The van der Waals surface area contributed by atoms with E-state index in [0.717, 1.165) is 89.9 Å². The minimum absolute atomic E-state index is 0.0774. The van der Waals surface area contributed by atoms with Crippen LogP contribution in [0.15, 0.2) is 60.8 Å². The molecule has 0 spiro atoms. The highest BCUT2D eigenvalue weighted by Crippen LogP contribution is 2.15. The summed E-state index contributed by atoms with van der Waals surface area (Å²) in [4.78, 5) is 37.8. The van der Waals surface area contributed by atoms with Crippen LogP contribution in [0, 0.1) is 0 Å². The first kappa shape index (κ1) is 64.1. The monoisotopic (exact) mass is 937 g/mol. The number of rotatable bonds is 52. The third-order valence-corrected chi connectivity index (χ3v) is 12.5. The average molecular weight is 938 g/mol. The molecular weight excluding hydrogens is 829 g/mol. The maximum Gasteiger partial charge on any atom is 0.306 e. The van der Waals surface area contributed by atoms with Crippen LogP contribution in [0.2, 0.25) is 0 Å². The molecule has 0 fully saturated rings. The fourth-order valence-electron chi connectivity index (χ4n) is 8.13. The second-order valence-electron chi connectivity index (χ2n) is 19.2. The van der Waals surface area contributed by atoms with E-state index < -0.39 is 6.10 Å². The predicted octanol–water partition coefficient (Wildman–Crippen LogP) is 19.2. The smallest absolute Gasteiger partial charge is 0.306 e. The van der Waals surface area contributed by atoms with Crippen LogP contribution in [0.3, 0.4) is 0 Å². The summed E-state index contributed by atoms with van der Waals surface area (Å²) in [6.07, 6.45) is 69.7. The first-order valence-corrected chi connectivity index (χ1v) is 28.8. The van der Waals surface area contributed by atoms with Crippen molar-refractivity contribution in [2.45, 2.75) is 297 Å². The van der Waals surface area contributed by atoms with Gasteiger partial charge in [0.1, 0.15) is 13.2 Å². The van der Waals surface area contributed by atoms with Gasteiger partial charge in [0.25, 0.3) is 0 Å². The van der Waals surface area contributed by atoms with Gasteiger partial charge in [-0.2, -0.15) is 0 Å². The largest absolute Gasteiger partial charge is 0.462 e. The van der Waals surface area contributed by atoms with E-state index in [0.29, 0.717) is 19.3 Å². The minimum Gasteiger partial charge on any atom is -0.462 e. The Morgan fingerprint density at radius 1 is 0.299 bits per heavy atom. The standard InChI is InChI=1S/C61H108O6/c1-4-7-10-13-15-17-19-21-23-25-26-27-28-29-30-31-32-33-34-36-37-39-41-43-45-48-51-54-60(63)66-57-58(56-65-59(62)53-50-47-12-9-6-3)67-61(64)55-52-49-46-44-42-40-38-35-24-22-20-18-16-14-11-8-5-2/h16,18-19,21-22,24-26,28-29,58H,4-15,17,20,23,27,30-57H2,1-3H3/b18-16-,21-19-,24-22-,26-25-,29-28-. The summed E-state index contributed by atoms with van der Waals surface area (Å²) < 4.78 is 16.7. The number of hydrogen-bond donors (Lipinski definition) is 0. The number of hydrogen-bond acceptors (Lipinski definition) is 6. The van der Waals surface area contributed by atoms with Crippen LogP contribution in [0.1, 0.15) is 290 Å². The van der Waals surface area contributed by atoms with Crippen molar-refractivity contribution in [1.82, 2.24) is 0 Å². The van der Waals surface area contributed by atoms with Gasteiger partial charge in [-0.25, -0.2) is 0 Å². The third kappa shape index (κ3) is 53.9.